The van der Waals surface area contributed by atoms with E-state index in [2.05, 4.69) is 0 Å². The van der Waals surface area contributed by atoms with Crippen LogP contribution in [0.4, 0.5) is 5.69 Å². The molecule has 4 heteroatoms. The van der Waals surface area contributed by atoms with Crippen LogP contribution in [0.1, 0.15) is 31.7 Å². The largest absolute Gasteiger partial charge is 0.481 e. The molecule has 0 aromatic heterocycles. The quantitative estimate of drug-likeness (QED) is 0.891. The number of carbonyl (C=O) groups excluding carboxylic acids is 1. The van der Waals surface area contributed by atoms with Gasteiger partial charge in [0.1, 0.15) is 5.92 Å². The first-order chi connectivity index (χ1) is 8.56. The number of aliphatic carboxylic acids is 1. The molecular formula is C14H17NO3. The normalized spacial score (nSPS) is 19.4. The van der Waals surface area contributed by atoms with E-state index in [1.54, 1.807) is 11.0 Å². The Morgan fingerprint density at radius 2 is 2.11 bits per heavy atom. The first-order valence-corrected chi connectivity index (χ1v) is 6.19. The molecule has 1 amide bonds. The molecule has 0 spiro atoms. The van der Waals surface area contributed by atoms with Crippen molar-refractivity contribution in [3.63, 3.8) is 0 Å². The number of anilines is 1. The highest BCUT2D eigenvalue weighted by molar-refractivity contribution is 5.99. The van der Waals surface area contributed by atoms with Crippen LogP contribution in [-0.2, 0) is 9.59 Å². The van der Waals surface area contributed by atoms with Crippen molar-refractivity contribution < 1.29 is 14.7 Å². The van der Waals surface area contributed by atoms with Crippen molar-refractivity contribution in [2.45, 2.75) is 26.2 Å². The van der Waals surface area contributed by atoms with Crippen LogP contribution in [0.2, 0.25) is 0 Å². The standard InChI is InChI=1S/C14H17NO3/c1-3-9(2)13(16)15-8-11(14(17)18)10-6-4-5-7-12(10)15/h4-7,9,11H,3,8H2,1-2H3,(H,17,18). The van der Waals surface area contributed by atoms with Crippen LogP contribution in [0.3, 0.4) is 0 Å². The summed E-state index contributed by atoms with van der Waals surface area (Å²) in [5.41, 5.74) is 1.48. The van der Waals surface area contributed by atoms with Crippen molar-refractivity contribution in [1.82, 2.24) is 0 Å². The van der Waals surface area contributed by atoms with E-state index >= 15 is 0 Å². The number of carbonyl (C=O) groups is 2. The Morgan fingerprint density at radius 3 is 2.72 bits per heavy atom. The topological polar surface area (TPSA) is 57.6 Å². The molecule has 0 radical (unpaired) electrons. The molecule has 96 valence electrons. The van der Waals surface area contributed by atoms with E-state index in [1.807, 2.05) is 32.0 Å². The lowest BCUT2D eigenvalue weighted by Crippen LogP contribution is -2.35. The van der Waals surface area contributed by atoms with Gasteiger partial charge in [-0.2, -0.15) is 0 Å². The van der Waals surface area contributed by atoms with Gasteiger partial charge in [-0.15, -0.1) is 0 Å². The van der Waals surface area contributed by atoms with Crippen LogP contribution < -0.4 is 4.90 Å². The monoisotopic (exact) mass is 247 g/mol. The van der Waals surface area contributed by atoms with Gasteiger partial charge >= 0.3 is 5.97 Å². The molecule has 2 rings (SSSR count). The minimum absolute atomic E-state index is 0.00806. The van der Waals surface area contributed by atoms with Gasteiger partial charge in [0, 0.05) is 18.2 Å². The van der Waals surface area contributed by atoms with Crippen molar-refractivity contribution in [2.75, 3.05) is 11.4 Å². The first-order valence-electron chi connectivity index (χ1n) is 6.19. The van der Waals surface area contributed by atoms with Gasteiger partial charge < -0.3 is 10.0 Å². The Balaban J connectivity index is 2.37. The van der Waals surface area contributed by atoms with Crippen molar-refractivity contribution in [1.29, 1.82) is 0 Å². The van der Waals surface area contributed by atoms with Gasteiger partial charge in [-0.05, 0) is 18.1 Å². The summed E-state index contributed by atoms with van der Waals surface area (Å²) in [6, 6.07) is 7.25. The van der Waals surface area contributed by atoms with Gasteiger partial charge in [-0.3, -0.25) is 9.59 Å². The van der Waals surface area contributed by atoms with Gasteiger partial charge in [-0.25, -0.2) is 0 Å². The second-order valence-electron chi connectivity index (χ2n) is 4.71. The maximum absolute atomic E-state index is 12.2. The Kier molecular flexibility index (Phi) is 3.36. The van der Waals surface area contributed by atoms with Crippen LogP contribution >= 0.6 is 0 Å². The van der Waals surface area contributed by atoms with Crippen LogP contribution in [0.5, 0.6) is 0 Å². The highest BCUT2D eigenvalue weighted by Gasteiger charge is 2.37. The highest BCUT2D eigenvalue weighted by Crippen LogP contribution is 2.37. The molecule has 2 atom stereocenters. The zero-order valence-electron chi connectivity index (χ0n) is 10.6. The van der Waals surface area contributed by atoms with E-state index in [0.717, 1.165) is 17.7 Å². The number of rotatable bonds is 3. The van der Waals surface area contributed by atoms with E-state index in [-0.39, 0.29) is 18.4 Å². The number of nitrogens with zero attached hydrogens (tertiary/aromatic N) is 1. The average Bonchev–Trinajstić information content (AvgIpc) is 2.76. The van der Waals surface area contributed by atoms with Gasteiger partial charge in [-0.1, -0.05) is 32.0 Å². The number of hydrogen-bond acceptors (Lipinski definition) is 2. The highest BCUT2D eigenvalue weighted by atomic mass is 16.4. The van der Waals surface area contributed by atoms with E-state index in [4.69, 9.17) is 0 Å². The maximum Gasteiger partial charge on any atom is 0.312 e. The molecule has 4 nitrogen and oxygen atoms in total. The van der Waals surface area contributed by atoms with E-state index < -0.39 is 11.9 Å². The number of hydrogen-bond donors (Lipinski definition) is 1. The number of fused-ring (bicyclic) bond motifs is 1. The number of benzene rings is 1. The van der Waals surface area contributed by atoms with Crippen LogP contribution in [0, 0.1) is 5.92 Å². The zero-order chi connectivity index (χ0) is 13.3. The number of carboxylic acids is 1. The minimum atomic E-state index is -0.873. The smallest absolute Gasteiger partial charge is 0.312 e. The van der Waals surface area contributed by atoms with Gasteiger partial charge in [0.2, 0.25) is 5.91 Å². The van der Waals surface area contributed by atoms with Crippen molar-refractivity contribution in [2.24, 2.45) is 5.92 Å². The summed E-state index contributed by atoms with van der Waals surface area (Å²) in [6.45, 7) is 4.08. The Hall–Kier alpha value is -1.84. The fraction of sp³-hybridized carbons (Fsp3) is 0.429. The Bertz CT molecular complexity index is 484. The molecule has 1 aliphatic heterocycles. The SMILES string of the molecule is CCC(C)C(=O)N1CC(C(=O)O)c2ccccc21. The number of para-hydroxylation sites is 1. The summed E-state index contributed by atoms with van der Waals surface area (Å²) < 4.78 is 0. The predicted molar refractivity (Wildman–Crippen MR) is 68.6 cm³/mol. The predicted octanol–water partition coefficient (Wildman–Crippen LogP) is 2.25. The molecule has 1 N–H and O–H groups in total. The van der Waals surface area contributed by atoms with Crippen molar-refractivity contribution in [3.05, 3.63) is 29.8 Å². The molecule has 18 heavy (non-hydrogen) atoms. The van der Waals surface area contributed by atoms with Gasteiger partial charge in [0.05, 0.1) is 0 Å². The summed E-state index contributed by atoms with van der Waals surface area (Å²) in [5.74, 6) is -1.55. The third-order valence-corrected chi connectivity index (χ3v) is 3.57. The minimum Gasteiger partial charge on any atom is -0.481 e. The second-order valence-corrected chi connectivity index (χ2v) is 4.71. The third-order valence-electron chi connectivity index (χ3n) is 3.57. The van der Waals surface area contributed by atoms with Crippen LogP contribution in [0.15, 0.2) is 24.3 Å². The van der Waals surface area contributed by atoms with E-state index in [1.165, 1.54) is 0 Å². The number of carboxylic acid groups (broad SMARTS) is 1. The number of amides is 1. The Morgan fingerprint density at radius 1 is 1.44 bits per heavy atom. The molecule has 2 unspecified atom stereocenters. The molecule has 1 aromatic rings. The fourth-order valence-corrected chi connectivity index (χ4v) is 2.27. The van der Waals surface area contributed by atoms with Gasteiger partial charge in [0.25, 0.3) is 0 Å². The lowest BCUT2D eigenvalue weighted by molar-refractivity contribution is -0.138. The first kappa shape index (κ1) is 12.6. The molecule has 1 heterocycles. The van der Waals surface area contributed by atoms with Crippen molar-refractivity contribution in [3.8, 4) is 0 Å². The maximum atomic E-state index is 12.2. The summed E-state index contributed by atoms with van der Waals surface area (Å²) in [6.07, 6.45) is 0.759. The molecule has 1 aliphatic rings. The molecule has 1 aromatic carbocycles. The van der Waals surface area contributed by atoms with E-state index in [0.29, 0.717) is 0 Å². The molecule has 0 fully saturated rings. The average molecular weight is 247 g/mol. The second kappa shape index (κ2) is 4.80. The molecule has 0 aliphatic carbocycles. The summed E-state index contributed by atoms with van der Waals surface area (Å²) in [7, 11) is 0. The molecule has 0 saturated carbocycles. The molecule has 0 saturated heterocycles. The lowest BCUT2D eigenvalue weighted by Gasteiger charge is -2.21. The molecule has 0 bridgehead atoms. The summed E-state index contributed by atoms with van der Waals surface area (Å²) in [5, 5.41) is 9.22. The molecular weight excluding hydrogens is 230 g/mol. The van der Waals surface area contributed by atoms with Crippen LogP contribution in [0.25, 0.3) is 0 Å². The summed E-state index contributed by atoms with van der Waals surface area (Å²) >= 11 is 0. The van der Waals surface area contributed by atoms with Crippen LogP contribution in [-0.4, -0.2) is 23.5 Å². The lowest BCUT2D eigenvalue weighted by atomic mass is 10.0. The zero-order valence-corrected chi connectivity index (χ0v) is 10.6. The van der Waals surface area contributed by atoms with Crippen molar-refractivity contribution >= 4 is 17.6 Å². The van der Waals surface area contributed by atoms with Gasteiger partial charge in [0.15, 0.2) is 0 Å². The third kappa shape index (κ3) is 1.98. The Labute approximate surface area is 106 Å². The summed E-state index contributed by atoms with van der Waals surface area (Å²) in [4.78, 5) is 25.1. The van der Waals surface area contributed by atoms with E-state index in [9.17, 15) is 14.7 Å². The fourth-order valence-electron chi connectivity index (χ4n) is 2.27.